The third-order valence-corrected chi connectivity index (χ3v) is 15.6. The van der Waals surface area contributed by atoms with Crippen molar-refractivity contribution in [3.63, 3.8) is 0 Å². The molecule has 4 fully saturated rings. The Labute approximate surface area is 422 Å². The van der Waals surface area contributed by atoms with E-state index in [4.69, 9.17) is 0 Å². The number of likely N-dealkylation sites (tertiary alicyclic amines) is 2. The fourth-order valence-electron chi connectivity index (χ4n) is 10.2. The Balaban J connectivity index is 0.000000216. The van der Waals surface area contributed by atoms with E-state index in [1.54, 1.807) is 0 Å². The number of carbonyl (C=O) groups excluding carboxylic acids is 4. The number of nitrogens with one attached hydrogen (secondary N) is 4. The second-order valence-corrected chi connectivity index (χ2v) is 21.7. The zero-order valence-corrected chi connectivity index (χ0v) is 41.9. The summed E-state index contributed by atoms with van der Waals surface area (Å²) in [7, 11) is -2.76. The van der Waals surface area contributed by atoms with Gasteiger partial charge < -0.3 is 21.3 Å². The Morgan fingerprint density at radius 2 is 0.959 bits per heavy atom. The molecule has 13 nitrogen and oxygen atoms in total. The molecule has 2 aliphatic carbocycles. The van der Waals surface area contributed by atoms with E-state index in [2.05, 4.69) is 79.6 Å². The molecule has 20 heteroatoms. The molecule has 0 radical (unpaired) electrons. The molecule has 0 spiro atoms. The highest BCUT2D eigenvalue weighted by Crippen LogP contribution is 2.38. The first kappa shape index (κ1) is 54.8. The minimum Gasteiger partial charge on any atom is -0.349 e. The largest absolute Gasteiger partial charge is 0.416 e. The summed E-state index contributed by atoms with van der Waals surface area (Å²) in [6.07, 6.45) is 0.609. The van der Waals surface area contributed by atoms with Gasteiger partial charge in [0.1, 0.15) is 0 Å². The monoisotopic (exact) mass is 1040 g/mol. The molecule has 4 amide bonds. The molecule has 4 aromatic rings. The van der Waals surface area contributed by atoms with Crippen molar-refractivity contribution < 1.29 is 53.9 Å². The van der Waals surface area contributed by atoms with Crippen molar-refractivity contribution in [3.05, 3.63) is 136 Å². The van der Waals surface area contributed by atoms with Crippen LogP contribution in [-0.2, 0) is 32.0 Å². The number of carbonyl (C=O) groups is 4. The van der Waals surface area contributed by atoms with Crippen LogP contribution in [0.5, 0.6) is 0 Å². The van der Waals surface area contributed by atoms with Gasteiger partial charge in [-0.05, 0) is 123 Å². The number of sulfonamides is 1. The Hall–Kier alpha value is -5.99. The van der Waals surface area contributed by atoms with E-state index in [0.29, 0.717) is 45.9 Å². The molecule has 4 aromatic carbocycles. The summed E-state index contributed by atoms with van der Waals surface area (Å²) in [5.74, 6) is -1.18. The lowest BCUT2D eigenvalue weighted by atomic mass is 9.80. The van der Waals surface area contributed by atoms with Crippen LogP contribution in [0.4, 0.5) is 32.0 Å². The van der Waals surface area contributed by atoms with Crippen molar-refractivity contribution in [1.82, 2.24) is 31.1 Å². The van der Waals surface area contributed by atoms with Gasteiger partial charge in [0.05, 0.1) is 48.2 Å². The number of nitrogens with zero attached hydrogens (tertiary/aromatic N) is 3. The van der Waals surface area contributed by atoms with E-state index in [-0.39, 0.29) is 35.8 Å². The molecule has 2 heterocycles. The highest BCUT2D eigenvalue weighted by atomic mass is 32.2. The minimum atomic E-state index is -4.79. The minimum absolute atomic E-state index is 0.0343. The number of aryl methyl sites for hydroxylation is 1. The average Bonchev–Trinajstić information content (AvgIpc) is 3.34. The average molecular weight is 1040 g/mol. The summed E-state index contributed by atoms with van der Waals surface area (Å²) in [5.41, 5.74) is 0.260. The van der Waals surface area contributed by atoms with Crippen molar-refractivity contribution in [2.75, 3.05) is 56.9 Å². The van der Waals surface area contributed by atoms with E-state index < -0.39 is 63.3 Å². The van der Waals surface area contributed by atoms with Crippen LogP contribution in [0.1, 0.15) is 112 Å². The van der Waals surface area contributed by atoms with Gasteiger partial charge in [0.15, 0.2) is 0 Å². The van der Waals surface area contributed by atoms with Gasteiger partial charge in [-0.2, -0.15) is 26.3 Å². The van der Waals surface area contributed by atoms with Gasteiger partial charge in [-0.3, -0.25) is 33.3 Å². The third-order valence-electron chi connectivity index (χ3n) is 14.4. The van der Waals surface area contributed by atoms with Crippen LogP contribution >= 0.6 is 0 Å². The molecular weight excluding hydrogens is 977 g/mol. The van der Waals surface area contributed by atoms with E-state index in [1.165, 1.54) is 37.0 Å². The fourth-order valence-corrected chi connectivity index (χ4v) is 10.7. The predicted molar refractivity (Wildman–Crippen MR) is 265 cm³/mol. The normalized spacial score (nSPS) is 21.1. The molecule has 8 rings (SSSR count). The number of alkyl halides is 6. The van der Waals surface area contributed by atoms with Crippen molar-refractivity contribution in [3.8, 4) is 0 Å². The highest BCUT2D eigenvalue weighted by Gasteiger charge is 2.38. The number of amides is 4. The van der Waals surface area contributed by atoms with Crippen LogP contribution in [0.15, 0.2) is 97.1 Å². The Kier molecular flexibility index (Phi) is 17.6. The molecular formula is C53H63F6N7O6S. The molecule has 4 aliphatic rings. The van der Waals surface area contributed by atoms with Crippen molar-refractivity contribution >= 4 is 39.3 Å². The molecule has 4 N–H and O–H groups in total. The van der Waals surface area contributed by atoms with Gasteiger partial charge in [0.2, 0.25) is 21.8 Å². The van der Waals surface area contributed by atoms with Gasteiger partial charge in [-0.15, -0.1) is 0 Å². The maximum atomic E-state index is 13.4. The Morgan fingerprint density at radius 3 is 1.34 bits per heavy atom. The van der Waals surface area contributed by atoms with Crippen molar-refractivity contribution in [2.24, 2.45) is 0 Å². The molecule has 0 bridgehead atoms. The molecule has 0 unspecified atom stereocenters. The lowest BCUT2D eigenvalue weighted by molar-refractivity contribution is -0.138. The molecule has 2 saturated heterocycles. The molecule has 394 valence electrons. The topological polar surface area (TPSA) is 160 Å². The number of hydrogen-bond donors (Lipinski definition) is 4. The standard InChI is InChI=1S/C27H33F3N4O4S.C26H30F3N3O2/c1-33(39(2,37)38)24-13-20(12-21(14-24)27(28,29)30)26(36)31-15-25(35)32-22-16-34(17-22)23-10-8-19(9-11-23)18-6-4-3-5-7-18;1-17-11-20(13-21(12-17)26(27,28)29)25(34)30-14-24(33)31-22-15-32(16-22)23-9-7-19(8-10-23)18-5-3-2-4-6-18/h3-7,12-14,19,22-23H,8-11,15-17H2,1-2H3,(H,31,36)(H,32,35);2-6,11-13,19,22-23H,7-10,14-16H2,1H3,(H,30,34)(H,31,33). The summed E-state index contributed by atoms with van der Waals surface area (Å²) in [6.45, 7) is 3.82. The molecule has 2 aliphatic heterocycles. The third kappa shape index (κ3) is 15.1. The Morgan fingerprint density at radius 1 is 0.575 bits per heavy atom. The zero-order chi connectivity index (χ0) is 52.7. The number of benzene rings is 4. The fraction of sp³-hybridized carbons (Fsp3) is 0.472. The van der Waals surface area contributed by atoms with Crippen LogP contribution in [0.2, 0.25) is 0 Å². The number of hydrogen-bond acceptors (Lipinski definition) is 8. The van der Waals surface area contributed by atoms with Gasteiger partial charge in [-0.1, -0.05) is 60.7 Å². The van der Waals surface area contributed by atoms with E-state index in [9.17, 15) is 53.9 Å². The number of anilines is 1. The number of rotatable bonds is 14. The number of halogens is 6. The predicted octanol–water partition coefficient (Wildman–Crippen LogP) is 7.63. The maximum Gasteiger partial charge on any atom is 0.416 e. The smallest absolute Gasteiger partial charge is 0.349 e. The van der Waals surface area contributed by atoms with Crippen LogP contribution < -0.4 is 25.6 Å². The first-order valence-corrected chi connectivity index (χ1v) is 26.4. The molecule has 0 aromatic heterocycles. The lowest BCUT2D eigenvalue weighted by Gasteiger charge is -2.46. The molecule has 2 saturated carbocycles. The van der Waals surface area contributed by atoms with E-state index in [1.807, 2.05) is 12.1 Å². The van der Waals surface area contributed by atoms with Crippen molar-refractivity contribution in [2.45, 2.75) is 107 Å². The van der Waals surface area contributed by atoms with Gasteiger partial charge in [0.25, 0.3) is 11.8 Å². The second kappa shape index (κ2) is 23.5. The van der Waals surface area contributed by atoms with E-state index in [0.717, 1.165) is 96.2 Å². The summed E-state index contributed by atoms with van der Waals surface area (Å²) in [4.78, 5) is 54.2. The first-order chi connectivity index (χ1) is 34.5. The summed E-state index contributed by atoms with van der Waals surface area (Å²) >= 11 is 0. The van der Waals surface area contributed by atoms with E-state index >= 15 is 0 Å². The summed E-state index contributed by atoms with van der Waals surface area (Å²) < 4.78 is 103. The molecule has 0 atom stereocenters. The zero-order valence-electron chi connectivity index (χ0n) is 41.1. The second-order valence-electron chi connectivity index (χ2n) is 19.7. The quantitative estimate of drug-likeness (QED) is 0.0939. The SMILES string of the molecule is CN(c1cc(C(=O)NCC(=O)NC2CN(C3CCC(c4ccccc4)CC3)C2)cc(C(F)(F)F)c1)S(C)(=O)=O.Cc1cc(C(=O)NCC(=O)NC2CN(C3CCC(c4ccccc4)CC3)C2)cc(C(F)(F)F)c1. The van der Waals surface area contributed by atoms with Gasteiger partial charge in [0, 0.05) is 56.4 Å². The van der Waals surface area contributed by atoms with Crippen LogP contribution in [-0.4, -0.2) is 119 Å². The van der Waals surface area contributed by atoms with Gasteiger partial charge >= 0.3 is 12.4 Å². The highest BCUT2D eigenvalue weighted by molar-refractivity contribution is 7.92. The summed E-state index contributed by atoms with van der Waals surface area (Å²) in [6, 6.07) is 27.6. The lowest BCUT2D eigenvalue weighted by Crippen LogP contribution is -2.63. The Bertz CT molecular complexity index is 2670. The first-order valence-electron chi connectivity index (χ1n) is 24.6. The summed E-state index contributed by atoms with van der Waals surface area (Å²) in [5, 5.41) is 10.5. The van der Waals surface area contributed by atoms with Crippen LogP contribution in [0.25, 0.3) is 0 Å². The maximum absolute atomic E-state index is 13.4. The van der Waals surface area contributed by atoms with Gasteiger partial charge in [-0.25, -0.2) is 8.42 Å². The van der Waals surface area contributed by atoms with Crippen LogP contribution in [0.3, 0.4) is 0 Å². The van der Waals surface area contributed by atoms with Crippen molar-refractivity contribution in [1.29, 1.82) is 0 Å². The van der Waals surface area contributed by atoms with Crippen LogP contribution in [0, 0.1) is 6.92 Å². The molecule has 73 heavy (non-hydrogen) atoms.